The number of carbonyl (C=O) groups excluding carboxylic acids is 1. The quantitative estimate of drug-likeness (QED) is 0.626. The zero-order valence-electron chi connectivity index (χ0n) is 13.9. The molecule has 1 amide bonds. The Labute approximate surface area is 135 Å². The smallest absolute Gasteiger partial charge is 0.219 e. The maximum atomic E-state index is 11.7. The first-order valence-corrected chi connectivity index (χ1v) is 10.0. The SMILES string of the molecule is CCCCS(=O)(=O)NCCN(CCC1=CCCCC1)C(C)=O. The highest BCUT2D eigenvalue weighted by molar-refractivity contribution is 7.89. The van der Waals surface area contributed by atoms with Crippen molar-refractivity contribution in [1.29, 1.82) is 0 Å². The normalized spacial score (nSPS) is 15.5. The molecule has 5 nitrogen and oxygen atoms in total. The zero-order valence-corrected chi connectivity index (χ0v) is 14.8. The van der Waals surface area contributed by atoms with Gasteiger partial charge in [-0.15, -0.1) is 0 Å². The predicted molar refractivity (Wildman–Crippen MR) is 90.1 cm³/mol. The van der Waals surface area contributed by atoms with Crippen LogP contribution >= 0.6 is 0 Å². The molecule has 0 atom stereocenters. The third kappa shape index (κ3) is 7.94. The highest BCUT2D eigenvalue weighted by Crippen LogP contribution is 2.20. The second-order valence-electron chi connectivity index (χ2n) is 5.93. The van der Waals surface area contributed by atoms with Gasteiger partial charge in [0.05, 0.1) is 5.75 Å². The molecule has 0 aromatic heterocycles. The standard InChI is InChI=1S/C16H30N2O3S/c1-3-4-14-22(20,21)17-11-13-18(15(2)19)12-10-16-8-6-5-7-9-16/h8,17H,3-7,9-14H2,1-2H3. The molecule has 1 aliphatic rings. The van der Waals surface area contributed by atoms with Gasteiger partial charge < -0.3 is 4.90 Å². The first-order valence-electron chi connectivity index (χ1n) is 8.35. The molecule has 6 heteroatoms. The maximum Gasteiger partial charge on any atom is 0.219 e. The van der Waals surface area contributed by atoms with Crippen LogP contribution in [0.1, 0.15) is 58.8 Å². The van der Waals surface area contributed by atoms with Crippen molar-refractivity contribution in [2.45, 2.75) is 58.8 Å². The van der Waals surface area contributed by atoms with Crippen LogP contribution in [0.2, 0.25) is 0 Å². The van der Waals surface area contributed by atoms with Gasteiger partial charge in [-0.2, -0.15) is 0 Å². The van der Waals surface area contributed by atoms with Crippen LogP contribution in [0.25, 0.3) is 0 Å². The van der Waals surface area contributed by atoms with Crippen LogP contribution in [0.3, 0.4) is 0 Å². The Morgan fingerprint density at radius 1 is 1.32 bits per heavy atom. The number of amides is 1. The topological polar surface area (TPSA) is 66.5 Å². The van der Waals surface area contributed by atoms with Gasteiger partial charge in [0.25, 0.3) is 0 Å². The largest absolute Gasteiger partial charge is 0.341 e. The molecule has 0 bridgehead atoms. The molecule has 0 aromatic rings. The minimum Gasteiger partial charge on any atom is -0.341 e. The molecule has 1 aliphatic carbocycles. The summed E-state index contributed by atoms with van der Waals surface area (Å²) in [5.41, 5.74) is 1.43. The Kier molecular flexibility index (Phi) is 8.71. The van der Waals surface area contributed by atoms with E-state index in [1.807, 2.05) is 6.92 Å². The second-order valence-corrected chi connectivity index (χ2v) is 7.86. The molecule has 0 aromatic carbocycles. The minimum absolute atomic E-state index is 0.00386. The Morgan fingerprint density at radius 2 is 2.09 bits per heavy atom. The van der Waals surface area contributed by atoms with E-state index in [0.29, 0.717) is 26.1 Å². The summed E-state index contributed by atoms with van der Waals surface area (Å²) in [5, 5.41) is 0. The van der Waals surface area contributed by atoms with Crippen molar-refractivity contribution in [3.8, 4) is 0 Å². The molecule has 0 aliphatic heterocycles. The molecule has 0 radical (unpaired) electrons. The molecule has 0 saturated carbocycles. The van der Waals surface area contributed by atoms with Crippen molar-refractivity contribution in [1.82, 2.24) is 9.62 Å². The van der Waals surface area contributed by atoms with Gasteiger partial charge in [0.15, 0.2) is 0 Å². The predicted octanol–water partition coefficient (Wildman–Crippen LogP) is 2.44. The summed E-state index contributed by atoms with van der Waals surface area (Å²) in [6.45, 7) is 4.92. The number of hydrogen-bond donors (Lipinski definition) is 1. The lowest BCUT2D eigenvalue weighted by atomic mass is 9.97. The van der Waals surface area contributed by atoms with E-state index in [9.17, 15) is 13.2 Å². The molecule has 1 rings (SSSR count). The summed E-state index contributed by atoms with van der Waals surface area (Å²) in [4.78, 5) is 13.4. The molecular weight excluding hydrogens is 300 g/mol. The minimum atomic E-state index is -3.20. The first-order chi connectivity index (χ1) is 10.4. The van der Waals surface area contributed by atoms with E-state index in [4.69, 9.17) is 0 Å². The van der Waals surface area contributed by atoms with Crippen molar-refractivity contribution in [3.63, 3.8) is 0 Å². The van der Waals surface area contributed by atoms with Gasteiger partial charge in [-0.3, -0.25) is 4.79 Å². The average Bonchev–Trinajstić information content (AvgIpc) is 2.49. The van der Waals surface area contributed by atoms with Crippen molar-refractivity contribution in [3.05, 3.63) is 11.6 Å². The number of rotatable bonds is 10. The van der Waals surface area contributed by atoms with Crippen molar-refractivity contribution in [2.75, 3.05) is 25.4 Å². The van der Waals surface area contributed by atoms with Gasteiger partial charge in [-0.25, -0.2) is 13.1 Å². The van der Waals surface area contributed by atoms with Crippen LogP contribution in [-0.4, -0.2) is 44.6 Å². The number of sulfonamides is 1. The second kappa shape index (κ2) is 10.0. The summed E-state index contributed by atoms with van der Waals surface area (Å²) in [7, 11) is -3.20. The van der Waals surface area contributed by atoms with Crippen molar-refractivity contribution in [2.24, 2.45) is 0 Å². The van der Waals surface area contributed by atoms with Crippen LogP contribution in [0.4, 0.5) is 0 Å². The summed E-state index contributed by atoms with van der Waals surface area (Å²) in [6.07, 6.45) is 9.50. The number of carbonyl (C=O) groups is 1. The Bertz CT molecular complexity index is 472. The Balaban J connectivity index is 2.34. The molecule has 22 heavy (non-hydrogen) atoms. The summed E-state index contributed by atoms with van der Waals surface area (Å²) >= 11 is 0. The monoisotopic (exact) mass is 330 g/mol. The van der Waals surface area contributed by atoms with Gasteiger partial charge in [-0.05, 0) is 38.5 Å². The van der Waals surface area contributed by atoms with Gasteiger partial charge in [0.1, 0.15) is 0 Å². The molecule has 0 spiro atoms. The summed E-state index contributed by atoms with van der Waals surface area (Å²) in [6, 6.07) is 0. The number of nitrogens with zero attached hydrogens (tertiary/aromatic N) is 1. The Hall–Kier alpha value is -0.880. The highest BCUT2D eigenvalue weighted by Gasteiger charge is 2.13. The molecule has 0 unspecified atom stereocenters. The van der Waals surface area contributed by atoms with E-state index >= 15 is 0 Å². The van der Waals surface area contributed by atoms with E-state index in [2.05, 4.69) is 10.8 Å². The van der Waals surface area contributed by atoms with Crippen molar-refractivity contribution < 1.29 is 13.2 Å². The molecule has 0 saturated heterocycles. The summed E-state index contributed by atoms with van der Waals surface area (Å²) < 4.78 is 26.0. The number of unbranched alkanes of at least 4 members (excludes halogenated alkanes) is 1. The lowest BCUT2D eigenvalue weighted by Gasteiger charge is -2.23. The summed E-state index contributed by atoms with van der Waals surface area (Å²) in [5.74, 6) is 0.167. The molecule has 1 N–H and O–H groups in total. The van der Waals surface area contributed by atoms with E-state index in [0.717, 1.165) is 25.7 Å². The fourth-order valence-corrected chi connectivity index (χ4v) is 3.79. The lowest BCUT2D eigenvalue weighted by molar-refractivity contribution is -0.128. The van der Waals surface area contributed by atoms with Gasteiger partial charge in [-0.1, -0.05) is 25.0 Å². The Morgan fingerprint density at radius 3 is 2.68 bits per heavy atom. The molecule has 0 fully saturated rings. The van der Waals surface area contributed by atoms with Crippen LogP contribution in [0.5, 0.6) is 0 Å². The maximum absolute atomic E-state index is 11.7. The van der Waals surface area contributed by atoms with E-state index in [-0.39, 0.29) is 11.7 Å². The fraction of sp³-hybridized carbons (Fsp3) is 0.812. The van der Waals surface area contributed by atoms with Crippen molar-refractivity contribution >= 4 is 15.9 Å². The van der Waals surface area contributed by atoms with Gasteiger partial charge >= 0.3 is 0 Å². The van der Waals surface area contributed by atoms with Crippen LogP contribution in [0.15, 0.2) is 11.6 Å². The third-order valence-corrected chi connectivity index (χ3v) is 5.47. The average molecular weight is 330 g/mol. The van der Waals surface area contributed by atoms with Crippen LogP contribution in [-0.2, 0) is 14.8 Å². The van der Waals surface area contributed by atoms with Crippen LogP contribution in [0, 0.1) is 0 Å². The molecule has 128 valence electrons. The zero-order chi connectivity index (χ0) is 16.4. The third-order valence-electron chi connectivity index (χ3n) is 4.00. The van der Waals surface area contributed by atoms with E-state index in [1.54, 1.807) is 11.8 Å². The van der Waals surface area contributed by atoms with Gasteiger partial charge in [0.2, 0.25) is 15.9 Å². The van der Waals surface area contributed by atoms with E-state index in [1.165, 1.54) is 18.4 Å². The van der Waals surface area contributed by atoms with Gasteiger partial charge in [0, 0.05) is 26.6 Å². The fourth-order valence-electron chi connectivity index (χ4n) is 2.58. The number of hydrogen-bond acceptors (Lipinski definition) is 3. The van der Waals surface area contributed by atoms with Crippen LogP contribution < -0.4 is 4.72 Å². The molecule has 0 heterocycles. The highest BCUT2D eigenvalue weighted by atomic mass is 32.2. The lowest BCUT2D eigenvalue weighted by Crippen LogP contribution is -2.38. The number of allylic oxidation sites excluding steroid dienone is 1. The van der Waals surface area contributed by atoms with E-state index < -0.39 is 10.0 Å². The first kappa shape index (κ1) is 19.2. The number of nitrogens with one attached hydrogen (secondary N) is 1. The molecular formula is C16H30N2O3S.